The lowest BCUT2D eigenvalue weighted by Crippen LogP contribution is -2.46. The highest BCUT2D eigenvalue weighted by atomic mass is 35.5. The van der Waals surface area contributed by atoms with E-state index in [1.807, 2.05) is 41.3 Å². The zero-order valence-electron chi connectivity index (χ0n) is 17.3. The Labute approximate surface area is 186 Å². The van der Waals surface area contributed by atoms with Crippen LogP contribution in [0.25, 0.3) is 11.5 Å². The molecule has 31 heavy (non-hydrogen) atoms. The molecule has 0 N–H and O–H groups in total. The number of nitrogens with zero attached hydrogens (tertiary/aromatic N) is 4. The second-order valence-electron chi connectivity index (χ2n) is 8.74. The van der Waals surface area contributed by atoms with E-state index >= 15 is 0 Å². The molecule has 2 aliphatic rings. The normalized spacial score (nSPS) is 18.2. The molecule has 1 saturated heterocycles. The molecule has 7 heteroatoms. The molecule has 0 bridgehead atoms. The maximum absolute atomic E-state index is 12.9. The Morgan fingerprint density at radius 2 is 1.87 bits per heavy atom. The molecule has 1 aliphatic carbocycles. The fraction of sp³-hybridized carbons (Fsp3) is 0.417. The molecular formula is C24H25ClN4O2. The average Bonchev–Trinajstić information content (AvgIpc) is 3.46. The molecule has 2 fully saturated rings. The number of carbonyl (C=O) groups is 1. The van der Waals surface area contributed by atoms with Gasteiger partial charge in [0.15, 0.2) is 5.82 Å². The predicted octanol–water partition coefficient (Wildman–Crippen LogP) is 4.69. The summed E-state index contributed by atoms with van der Waals surface area (Å²) in [7, 11) is 0. The molecule has 3 heterocycles. The third-order valence-corrected chi connectivity index (χ3v) is 6.95. The maximum Gasteiger partial charge on any atom is 0.258 e. The van der Waals surface area contributed by atoms with Crippen molar-refractivity contribution in [3.8, 4) is 11.5 Å². The van der Waals surface area contributed by atoms with Gasteiger partial charge in [-0.3, -0.25) is 9.78 Å². The molecule has 0 unspecified atom stereocenters. The number of pyridine rings is 1. The topological polar surface area (TPSA) is 72.1 Å². The summed E-state index contributed by atoms with van der Waals surface area (Å²) in [6.45, 7) is 1.41. The van der Waals surface area contributed by atoms with Gasteiger partial charge in [-0.25, -0.2) is 0 Å². The first-order chi connectivity index (χ1) is 15.1. The quantitative estimate of drug-likeness (QED) is 0.560. The lowest BCUT2D eigenvalue weighted by atomic mass is 9.73. The third-order valence-electron chi connectivity index (χ3n) is 6.58. The Morgan fingerprint density at radius 3 is 2.58 bits per heavy atom. The Bertz CT molecular complexity index is 1060. The lowest BCUT2D eigenvalue weighted by Gasteiger charge is -2.40. The number of likely N-dealkylation sites (tertiary alicyclic amines) is 1. The van der Waals surface area contributed by atoms with E-state index in [0.29, 0.717) is 30.4 Å². The largest absolute Gasteiger partial charge is 0.342 e. The number of hydrogen-bond acceptors (Lipinski definition) is 5. The number of rotatable bonds is 6. The van der Waals surface area contributed by atoms with Crippen molar-refractivity contribution >= 4 is 17.5 Å². The molecule has 160 valence electrons. The van der Waals surface area contributed by atoms with E-state index in [-0.39, 0.29) is 11.3 Å². The fourth-order valence-electron chi connectivity index (χ4n) is 4.54. The van der Waals surface area contributed by atoms with Crippen molar-refractivity contribution in [2.45, 2.75) is 43.9 Å². The minimum atomic E-state index is -0.128. The molecule has 1 aliphatic heterocycles. The first kappa shape index (κ1) is 20.2. The van der Waals surface area contributed by atoms with Gasteiger partial charge < -0.3 is 9.42 Å². The number of amides is 1. The minimum Gasteiger partial charge on any atom is -0.342 e. The van der Waals surface area contributed by atoms with E-state index in [1.165, 1.54) is 12.8 Å². The highest BCUT2D eigenvalue weighted by Gasteiger charge is 2.44. The van der Waals surface area contributed by atoms with Gasteiger partial charge in [-0.15, -0.1) is 0 Å². The summed E-state index contributed by atoms with van der Waals surface area (Å²) in [5.74, 6) is 2.17. The molecule has 6 nitrogen and oxygen atoms in total. The lowest BCUT2D eigenvalue weighted by molar-refractivity contribution is -0.132. The zero-order valence-corrected chi connectivity index (χ0v) is 18.1. The Kier molecular flexibility index (Phi) is 5.48. The number of hydrogen-bond donors (Lipinski definition) is 0. The van der Waals surface area contributed by atoms with E-state index in [2.05, 4.69) is 10.1 Å². The van der Waals surface area contributed by atoms with Gasteiger partial charge in [0.05, 0.1) is 6.42 Å². The van der Waals surface area contributed by atoms with Gasteiger partial charge in [-0.1, -0.05) is 47.8 Å². The maximum atomic E-state index is 12.9. The summed E-state index contributed by atoms with van der Waals surface area (Å²) in [6, 6.07) is 11.3. The van der Waals surface area contributed by atoms with Crippen molar-refractivity contribution in [3.05, 3.63) is 65.2 Å². The summed E-state index contributed by atoms with van der Waals surface area (Å²) < 4.78 is 5.61. The highest BCUT2D eigenvalue weighted by Crippen LogP contribution is 2.46. The van der Waals surface area contributed by atoms with Crippen LogP contribution in [0.3, 0.4) is 0 Å². The van der Waals surface area contributed by atoms with E-state index in [0.717, 1.165) is 42.1 Å². The van der Waals surface area contributed by atoms with E-state index < -0.39 is 0 Å². The van der Waals surface area contributed by atoms with Crippen LogP contribution in [-0.2, 0) is 16.6 Å². The monoisotopic (exact) mass is 436 g/mol. The van der Waals surface area contributed by atoms with Crippen molar-refractivity contribution in [2.75, 3.05) is 13.1 Å². The van der Waals surface area contributed by atoms with Gasteiger partial charge in [-0.05, 0) is 48.9 Å². The van der Waals surface area contributed by atoms with Crippen molar-refractivity contribution < 1.29 is 9.32 Å². The molecule has 5 rings (SSSR count). The second-order valence-corrected chi connectivity index (χ2v) is 9.14. The molecular weight excluding hydrogens is 412 g/mol. The Balaban J connectivity index is 1.31. The van der Waals surface area contributed by atoms with Crippen molar-refractivity contribution in [1.82, 2.24) is 20.0 Å². The van der Waals surface area contributed by atoms with E-state index in [4.69, 9.17) is 21.1 Å². The van der Waals surface area contributed by atoms with Gasteiger partial charge in [0.2, 0.25) is 5.91 Å². The standard InChI is InChI=1S/C24H25ClN4O2/c25-20-4-2-1-3-19(20)15-21(30)29-13-9-24(10-14-29,16-17-5-6-17)23-27-22(31-28-23)18-7-11-26-12-8-18/h1-4,7-8,11-12,17H,5-6,9-10,13-16H2. The highest BCUT2D eigenvalue weighted by molar-refractivity contribution is 6.31. The van der Waals surface area contributed by atoms with Gasteiger partial charge in [-0.2, -0.15) is 4.98 Å². The fourth-order valence-corrected chi connectivity index (χ4v) is 4.75. The molecule has 3 aromatic rings. The smallest absolute Gasteiger partial charge is 0.258 e. The van der Waals surface area contributed by atoms with Crippen LogP contribution in [-0.4, -0.2) is 39.0 Å². The molecule has 1 aromatic carbocycles. The van der Waals surface area contributed by atoms with Crippen molar-refractivity contribution in [1.29, 1.82) is 0 Å². The third kappa shape index (κ3) is 4.35. The van der Waals surface area contributed by atoms with Crippen LogP contribution in [0, 0.1) is 5.92 Å². The second kappa shape index (κ2) is 8.42. The number of carbonyl (C=O) groups excluding carboxylic acids is 1. The Morgan fingerprint density at radius 1 is 1.13 bits per heavy atom. The van der Waals surface area contributed by atoms with Crippen LogP contribution in [0.1, 0.15) is 43.5 Å². The van der Waals surface area contributed by atoms with Crippen LogP contribution >= 0.6 is 11.6 Å². The minimum absolute atomic E-state index is 0.124. The number of halogens is 1. The summed E-state index contributed by atoms with van der Waals surface area (Å²) >= 11 is 6.25. The molecule has 1 amide bonds. The van der Waals surface area contributed by atoms with Gasteiger partial charge >= 0.3 is 0 Å². The number of benzene rings is 1. The molecule has 0 spiro atoms. The number of aromatic nitrogens is 3. The van der Waals surface area contributed by atoms with Crippen LogP contribution in [0.5, 0.6) is 0 Å². The van der Waals surface area contributed by atoms with E-state index in [9.17, 15) is 4.79 Å². The molecule has 2 aromatic heterocycles. The summed E-state index contributed by atoms with van der Waals surface area (Å²) in [6.07, 6.45) is 9.10. The van der Waals surface area contributed by atoms with Crippen LogP contribution in [0.2, 0.25) is 5.02 Å². The van der Waals surface area contributed by atoms with Crippen LogP contribution in [0.15, 0.2) is 53.3 Å². The first-order valence-corrected chi connectivity index (χ1v) is 11.3. The Hall–Kier alpha value is -2.73. The first-order valence-electron chi connectivity index (χ1n) is 10.9. The van der Waals surface area contributed by atoms with Crippen LogP contribution in [0.4, 0.5) is 0 Å². The molecule has 1 saturated carbocycles. The number of piperidine rings is 1. The van der Waals surface area contributed by atoms with Gasteiger partial charge in [0.25, 0.3) is 5.89 Å². The summed E-state index contributed by atoms with van der Waals surface area (Å²) in [5.41, 5.74) is 1.63. The van der Waals surface area contributed by atoms with Crippen molar-refractivity contribution in [3.63, 3.8) is 0 Å². The van der Waals surface area contributed by atoms with Crippen molar-refractivity contribution in [2.24, 2.45) is 5.92 Å². The van der Waals surface area contributed by atoms with Crippen LogP contribution < -0.4 is 0 Å². The summed E-state index contributed by atoms with van der Waals surface area (Å²) in [5, 5.41) is 5.04. The molecule has 0 radical (unpaired) electrons. The van der Waals surface area contributed by atoms with E-state index in [1.54, 1.807) is 12.4 Å². The molecule has 0 atom stereocenters. The average molecular weight is 437 g/mol. The van der Waals surface area contributed by atoms with Gasteiger partial charge in [0, 0.05) is 41.5 Å². The van der Waals surface area contributed by atoms with Gasteiger partial charge in [0.1, 0.15) is 0 Å². The SMILES string of the molecule is O=C(Cc1ccccc1Cl)N1CCC(CC2CC2)(c2noc(-c3ccncc3)n2)CC1. The zero-order chi connectivity index (χ0) is 21.3. The summed E-state index contributed by atoms with van der Waals surface area (Å²) in [4.78, 5) is 23.7. The predicted molar refractivity (Wildman–Crippen MR) is 118 cm³/mol.